The molecule has 9 rings (SSSR count). The van der Waals surface area contributed by atoms with Crippen LogP contribution in [0.4, 0.5) is 0 Å². The molecule has 0 radical (unpaired) electrons. The van der Waals surface area contributed by atoms with Crippen molar-refractivity contribution in [2.75, 3.05) is 0 Å². The number of rotatable bonds is 0. The Kier molecular flexibility index (Phi) is 7.05. The third-order valence-corrected chi connectivity index (χ3v) is 17.4. The number of fused-ring (bicyclic) bond motifs is 4. The van der Waals surface area contributed by atoms with Crippen LogP contribution in [0.5, 0.6) is 0 Å². The lowest BCUT2D eigenvalue weighted by Crippen LogP contribution is -2.50. The molecule has 202 valence electrons. The zero-order valence-electron chi connectivity index (χ0n) is 21.7. The van der Waals surface area contributed by atoms with Gasteiger partial charge in [-0.15, -0.1) is 0 Å². The zero-order chi connectivity index (χ0) is 27.6. The minimum atomic E-state index is 1.35. The molecule has 5 aromatic rings. The molecule has 0 saturated carbocycles. The smallest absolute Gasteiger partial charge is 0.0585 e. The van der Waals surface area contributed by atoms with Gasteiger partial charge in [0, 0.05) is 60.0 Å². The Morgan fingerprint density at radius 3 is 0.690 bits per heavy atom. The van der Waals surface area contributed by atoms with Crippen molar-refractivity contribution in [1.82, 2.24) is 0 Å². The van der Waals surface area contributed by atoms with E-state index in [0.29, 0.717) is 0 Å². The van der Waals surface area contributed by atoms with E-state index in [1.807, 2.05) is 94.1 Å². The zero-order valence-corrected chi connectivity index (χ0v) is 28.2. The van der Waals surface area contributed by atoms with Gasteiger partial charge in [0.05, 0.1) is 16.9 Å². The lowest BCUT2D eigenvalue weighted by atomic mass is 10.2. The number of thioether (sulfide) groups is 8. The summed E-state index contributed by atoms with van der Waals surface area (Å²) in [5.74, 6) is 0. The highest BCUT2D eigenvalue weighted by molar-refractivity contribution is 8.33. The molecule has 4 aliphatic rings. The van der Waals surface area contributed by atoms with Crippen molar-refractivity contribution in [2.45, 2.75) is 39.2 Å². The standard InChI is InChI=1S/C34H18S8/c1-2-10-22-21(9-1)35-31(36-22)19-17-18-20(32-37-23-11-3-4-12-24(23)38-32)30(34-41-27-15-7-8-16-28(27)42-34)29(19)33-39-25-13-5-6-14-26(25)40-33/h1-18H. The predicted molar refractivity (Wildman–Crippen MR) is 191 cm³/mol. The van der Waals surface area contributed by atoms with Crippen LogP contribution in [0.3, 0.4) is 0 Å². The Balaban J connectivity index is 1.41. The van der Waals surface area contributed by atoms with Gasteiger partial charge in [-0.05, 0) is 48.5 Å². The molecule has 5 aromatic carbocycles. The van der Waals surface area contributed by atoms with Crippen LogP contribution in [-0.4, -0.2) is 0 Å². The topological polar surface area (TPSA) is 0 Å². The van der Waals surface area contributed by atoms with E-state index in [1.54, 1.807) is 0 Å². The van der Waals surface area contributed by atoms with E-state index in [4.69, 9.17) is 0 Å². The maximum atomic E-state index is 2.40. The first-order chi connectivity index (χ1) is 20.8. The second kappa shape index (κ2) is 11.1. The van der Waals surface area contributed by atoms with Crippen molar-refractivity contribution in [1.29, 1.82) is 0 Å². The molecule has 0 saturated heterocycles. The molecule has 0 aliphatic carbocycles. The molecular weight excluding hydrogens is 665 g/mol. The normalized spacial score (nSPS) is 16.6. The Hall–Kier alpha value is -1.62. The van der Waals surface area contributed by atoms with Gasteiger partial charge in [0.1, 0.15) is 0 Å². The summed E-state index contributed by atoms with van der Waals surface area (Å²) in [6, 6.07) is 40.1. The van der Waals surface area contributed by atoms with Crippen molar-refractivity contribution >= 4 is 111 Å². The van der Waals surface area contributed by atoms with Gasteiger partial charge < -0.3 is 0 Å². The second-order valence-corrected chi connectivity index (χ2v) is 19.1. The van der Waals surface area contributed by atoms with Gasteiger partial charge in [-0.25, -0.2) is 0 Å². The van der Waals surface area contributed by atoms with Gasteiger partial charge in [-0.2, -0.15) is 0 Å². The fraction of sp³-hybridized carbons (Fsp3) is 0. The Bertz CT molecular complexity index is 1950. The van der Waals surface area contributed by atoms with Crippen LogP contribution < -0.4 is 20.9 Å². The van der Waals surface area contributed by atoms with Crippen LogP contribution in [0.1, 0.15) is 0 Å². The van der Waals surface area contributed by atoms with Crippen molar-refractivity contribution < 1.29 is 0 Å². The highest BCUT2D eigenvalue weighted by atomic mass is 32.2. The van der Waals surface area contributed by atoms with Crippen LogP contribution in [-0.2, 0) is 0 Å². The van der Waals surface area contributed by atoms with Gasteiger partial charge in [-0.3, -0.25) is 0 Å². The summed E-state index contributed by atoms with van der Waals surface area (Å²) in [4.78, 5) is 10.8. The summed E-state index contributed by atoms with van der Waals surface area (Å²) >= 11 is 15.4. The van der Waals surface area contributed by atoms with Crippen molar-refractivity contribution in [2.24, 2.45) is 0 Å². The second-order valence-electron chi connectivity index (χ2n) is 9.66. The molecule has 0 spiro atoms. The predicted octanol–water partition coefficient (Wildman–Crippen LogP) is 9.54. The number of hydrogen-bond acceptors (Lipinski definition) is 8. The minimum absolute atomic E-state index is 1.35. The van der Waals surface area contributed by atoms with Crippen molar-refractivity contribution in [3.05, 3.63) is 130 Å². The fourth-order valence-electron chi connectivity index (χ4n) is 5.15. The summed E-state index contributed by atoms with van der Waals surface area (Å²) in [6.07, 6.45) is 0. The molecule has 0 unspecified atom stereocenters. The van der Waals surface area contributed by atoms with E-state index in [2.05, 4.69) is 109 Å². The van der Waals surface area contributed by atoms with Gasteiger partial charge in [0.2, 0.25) is 0 Å². The lowest BCUT2D eigenvalue weighted by Gasteiger charge is -2.07. The molecule has 0 atom stereocenters. The van der Waals surface area contributed by atoms with Gasteiger partial charge in [0.25, 0.3) is 0 Å². The number of benzene rings is 5. The highest BCUT2D eigenvalue weighted by Crippen LogP contribution is 2.54. The maximum Gasteiger partial charge on any atom is 0.0585 e. The molecule has 0 bridgehead atoms. The largest absolute Gasteiger partial charge is 0.0809 e. The molecule has 0 amide bonds. The molecule has 4 aliphatic heterocycles. The lowest BCUT2D eigenvalue weighted by molar-refractivity contribution is 1.27. The quantitative estimate of drug-likeness (QED) is 0.156. The SMILES string of the molecule is c1ccc2c(c1)SC(=c1ccc(=C3Sc4ccccc4S3)c(=C3Sc4ccccc4S3)c1=C1Sc3ccccc3S1)S2. The monoisotopic (exact) mass is 682 g/mol. The van der Waals surface area contributed by atoms with E-state index >= 15 is 0 Å². The van der Waals surface area contributed by atoms with Crippen LogP contribution in [0.15, 0.2) is 148 Å². The molecule has 42 heavy (non-hydrogen) atoms. The third kappa shape index (κ3) is 4.65. The van der Waals surface area contributed by atoms with Gasteiger partial charge in [0.15, 0.2) is 0 Å². The van der Waals surface area contributed by atoms with Crippen molar-refractivity contribution in [3.63, 3.8) is 0 Å². The first-order valence-corrected chi connectivity index (χ1v) is 19.8. The molecular formula is C34H18S8. The molecule has 0 fully saturated rings. The van der Waals surface area contributed by atoms with E-state index in [0.717, 1.165) is 0 Å². The average molecular weight is 683 g/mol. The molecule has 0 nitrogen and oxygen atoms in total. The van der Waals surface area contributed by atoms with Crippen LogP contribution in [0, 0.1) is 0 Å². The first-order valence-electron chi connectivity index (χ1n) is 13.2. The van der Waals surface area contributed by atoms with Gasteiger partial charge in [-0.1, -0.05) is 155 Å². The van der Waals surface area contributed by atoms with Crippen LogP contribution in [0.25, 0.3) is 16.9 Å². The molecule has 0 aromatic heterocycles. The van der Waals surface area contributed by atoms with Crippen molar-refractivity contribution in [3.8, 4) is 0 Å². The highest BCUT2D eigenvalue weighted by Gasteiger charge is 2.26. The first kappa shape index (κ1) is 26.8. The molecule has 0 N–H and O–H groups in total. The third-order valence-electron chi connectivity index (χ3n) is 7.07. The fourth-order valence-corrected chi connectivity index (χ4v) is 15.5. The molecule has 4 heterocycles. The summed E-state index contributed by atoms with van der Waals surface area (Å²) in [5.41, 5.74) is 0. The summed E-state index contributed by atoms with van der Waals surface area (Å²) in [6.45, 7) is 0. The average Bonchev–Trinajstić information content (AvgIpc) is 3.83. The van der Waals surface area contributed by atoms with E-state index in [1.165, 1.54) is 77.0 Å². The van der Waals surface area contributed by atoms with Crippen LogP contribution in [0.2, 0.25) is 0 Å². The van der Waals surface area contributed by atoms with E-state index in [-0.39, 0.29) is 0 Å². The van der Waals surface area contributed by atoms with Crippen LogP contribution >= 0.6 is 94.1 Å². The summed E-state index contributed by atoms with van der Waals surface area (Å²) in [7, 11) is 0. The Labute approximate surface area is 277 Å². The Morgan fingerprint density at radius 1 is 0.238 bits per heavy atom. The summed E-state index contributed by atoms with van der Waals surface area (Å²) in [5, 5.41) is 5.46. The Morgan fingerprint density at radius 2 is 0.452 bits per heavy atom. The molecule has 8 heteroatoms. The van der Waals surface area contributed by atoms with Gasteiger partial charge >= 0.3 is 0 Å². The minimum Gasteiger partial charge on any atom is -0.0809 e. The number of hydrogen-bond donors (Lipinski definition) is 0. The maximum absolute atomic E-state index is 2.40. The van der Waals surface area contributed by atoms with E-state index < -0.39 is 0 Å². The van der Waals surface area contributed by atoms with E-state index in [9.17, 15) is 0 Å². The summed E-state index contributed by atoms with van der Waals surface area (Å²) < 4.78 is 5.50.